The van der Waals surface area contributed by atoms with Crippen molar-refractivity contribution in [2.75, 3.05) is 30.6 Å². The Bertz CT molecular complexity index is 1180. The number of hydrogen-bond donors (Lipinski definition) is 2. The fraction of sp³-hybridized carbons (Fsp3) is 0.471. The lowest BCUT2D eigenvalue weighted by molar-refractivity contribution is -0.0381. The number of nitrogens with one attached hydrogen (secondary N) is 2. The number of methoxy groups -OCH3 is 2. The van der Waals surface area contributed by atoms with E-state index in [0.29, 0.717) is 10.1 Å². The molecule has 16 heteroatoms. The zero-order chi connectivity index (χ0) is 24.4. The number of aryl methyl sites for hydroxylation is 2. The number of carbonyl (C=O) groups is 1. The summed E-state index contributed by atoms with van der Waals surface area (Å²) in [5.74, 6) is -0.0650. The van der Waals surface area contributed by atoms with Gasteiger partial charge in [0.05, 0.1) is 26.0 Å². The second-order valence-electron chi connectivity index (χ2n) is 7.08. The van der Waals surface area contributed by atoms with Crippen LogP contribution >= 0.6 is 22.6 Å². The van der Waals surface area contributed by atoms with E-state index in [0.717, 1.165) is 4.68 Å². The van der Waals surface area contributed by atoms with Crippen LogP contribution in [0.5, 0.6) is 11.8 Å². The van der Waals surface area contributed by atoms with E-state index in [1.807, 2.05) is 11.6 Å². The molecule has 0 bridgehead atoms. The molecule has 0 radical (unpaired) electrons. The molecular formula is C17H22IN7O7S. The van der Waals surface area contributed by atoms with Gasteiger partial charge in [0.1, 0.15) is 5.56 Å². The highest BCUT2D eigenvalue weighted by Crippen LogP contribution is 2.27. The number of anilines is 1. The summed E-state index contributed by atoms with van der Waals surface area (Å²) >= 11 is 2.13. The molecule has 3 heterocycles. The van der Waals surface area contributed by atoms with E-state index in [-0.39, 0.29) is 40.8 Å². The molecule has 2 amide bonds. The smallest absolute Gasteiger partial charge is 0.335 e. The lowest BCUT2D eigenvalue weighted by Crippen LogP contribution is -2.42. The Morgan fingerprint density at radius 2 is 1.94 bits per heavy atom. The summed E-state index contributed by atoms with van der Waals surface area (Å²) in [6, 6.07) is 0.274. The molecule has 0 saturated heterocycles. The van der Waals surface area contributed by atoms with Crippen LogP contribution in [0.1, 0.15) is 18.2 Å². The van der Waals surface area contributed by atoms with Crippen molar-refractivity contribution in [3.8, 4) is 11.8 Å². The van der Waals surface area contributed by atoms with Crippen molar-refractivity contribution in [3.63, 3.8) is 0 Å². The number of halogens is 1. The number of urea groups is 1. The second kappa shape index (κ2) is 9.54. The number of hydrogen-bond acceptors (Lipinski definition) is 11. The first kappa shape index (κ1) is 24.7. The number of sulfonamides is 1. The van der Waals surface area contributed by atoms with Crippen molar-refractivity contribution in [2.45, 2.75) is 24.5 Å². The van der Waals surface area contributed by atoms with Gasteiger partial charge >= 0.3 is 6.03 Å². The Morgan fingerprint density at radius 1 is 1.30 bits per heavy atom. The van der Waals surface area contributed by atoms with Crippen molar-refractivity contribution >= 4 is 50.5 Å². The molecule has 14 nitrogen and oxygen atoms in total. The van der Waals surface area contributed by atoms with E-state index < -0.39 is 21.7 Å². The summed E-state index contributed by atoms with van der Waals surface area (Å²) in [6.07, 6.45) is 0. The van der Waals surface area contributed by atoms with Crippen molar-refractivity contribution in [3.05, 3.63) is 17.3 Å². The van der Waals surface area contributed by atoms with Crippen LogP contribution in [0, 0.1) is 6.92 Å². The number of rotatable bonds is 7. The Kier molecular flexibility index (Phi) is 7.15. The summed E-state index contributed by atoms with van der Waals surface area (Å²) in [5.41, 5.74) is -0.318. The topological polar surface area (TPSA) is 168 Å². The number of oxime groups is 1. The number of nitrogens with zero attached hydrogens (tertiary/aromatic N) is 5. The standard InChI is InChI=1S/C17H22IN7O7S/c1-9-12(13-23-31-8-17(2,7-18)32-13)14(25(3)22-9)33(27,28)24-16(26)21-15-19-10(29-4)6-11(20-15)30-5/h6H,7-8H2,1-5H3,(H2,19,20,21,24,26). The first-order valence-electron chi connectivity index (χ1n) is 9.31. The molecule has 3 rings (SSSR count). The number of carbonyl (C=O) groups excluding carboxylic acids is 1. The van der Waals surface area contributed by atoms with Crippen LogP contribution in [0.15, 0.2) is 16.2 Å². The van der Waals surface area contributed by atoms with Crippen LogP contribution in [0.3, 0.4) is 0 Å². The van der Waals surface area contributed by atoms with Crippen LogP contribution in [-0.2, 0) is 26.6 Å². The third-order valence-corrected chi connectivity index (χ3v) is 7.38. The maximum Gasteiger partial charge on any atom is 0.335 e. The number of amides is 2. The predicted molar refractivity (Wildman–Crippen MR) is 123 cm³/mol. The van der Waals surface area contributed by atoms with Gasteiger partial charge in [0.25, 0.3) is 15.9 Å². The number of ether oxygens (including phenoxy) is 3. The molecule has 2 aromatic rings. The highest BCUT2D eigenvalue weighted by molar-refractivity contribution is 14.1. The van der Waals surface area contributed by atoms with Crippen molar-refractivity contribution < 1.29 is 32.3 Å². The van der Waals surface area contributed by atoms with Crippen molar-refractivity contribution in [2.24, 2.45) is 12.2 Å². The zero-order valence-electron chi connectivity index (χ0n) is 18.4. The summed E-state index contributed by atoms with van der Waals surface area (Å²) in [6.45, 7) is 3.60. The van der Waals surface area contributed by atoms with Crippen molar-refractivity contribution in [1.82, 2.24) is 24.5 Å². The van der Waals surface area contributed by atoms with Crippen LogP contribution < -0.4 is 19.5 Å². The molecule has 1 aliphatic heterocycles. The minimum absolute atomic E-state index is 0.0485. The first-order chi connectivity index (χ1) is 15.5. The third kappa shape index (κ3) is 5.37. The quantitative estimate of drug-likeness (QED) is 0.347. The van der Waals surface area contributed by atoms with Gasteiger partial charge in [0, 0.05) is 11.5 Å². The summed E-state index contributed by atoms with van der Waals surface area (Å²) in [7, 11) is -0.293. The average Bonchev–Trinajstić information content (AvgIpc) is 3.07. The van der Waals surface area contributed by atoms with E-state index in [1.165, 1.54) is 27.3 Å². The maximum absolute atomic E-state index is 13.1. The highest BCUT2D eigenvalue weighted by Gasteiger charge is 2.38. The Balaban J connectivity index is 1.90. The summed E-state index contributed by atoms with van der Waals surface area (Å²) < 4.78 is 45.8. The Hall–Kier alpha value is -2.89. The van der Waals surface area contributed by atoms with Gasteiger partial charge in [-0.1, -0.05) is 22.6 Å². The van der Waals surface area contributed by atoms with Gasteiger partial charge in [0.15, 0.2) is 17.2 Å². The van der Waals surface area contributed by atoms with Gasteiger partial charge in [-0.05, 0) is 19.0 Å². The van der Waals surface area contributed by atoms with E-state index in [1.54, 1.807) is 6.92 Å². The van der Waals surface area contributed by atoms with Gasteiger partial charge in [-0.2, -0.15) is 23.5 Å². The van der Waals surface area contributed by atoms with E-state index >= 15 is 0 Å². The fourth-order valence-corrected chi connectivity index (χ4v) is 4.49. The molecule has 1 unspecified atom stereocenters. The maximum atomic E-state index is 13.1. The molecule has 1 aliphatic rings. The van der Waals surface area contributed by atoms with Crippen LogP contribution in [0.25, 0.3) is 0 Å². The number of alkyl halides is 1. The van der Waals surface area contributed by atoms with E-state index in [2.05, 4.69) is 48.1 Å². The van der Waals surface area contributed by atoms with Crippen LogP contribution in [-0.4, -0.2) is 71.0 Å². The zero-order valence-corrected chi connectivity index (χ0v) is 21.3. The number of aromatic nitrogens is 4. The molecule has 0 saturated carbocycles. The summed E-state index contributed by atoms with van der Waals surface area (Å²) in [4.78, 5) is 25.6. The fourth-order valence-electron chi connectivity index (χ4n) is 2.83. The molecule has 0 spiro atoms. The molecule has 2 N–H and O–H groups in total. The van der Waals surface area contributed by atoms with Gasteiger partial charge in [-0.3, -0.25) is 10.00 Å². The molecule has 1 atom stereocenters. The van der Waals surface area contributed by atoms with E-state index in [4.69, 9.17) is 19.0 Å². The molecule has 0 aromatic carbocycles. The van der Waals surface area contributed by atoms with Crippen molar-refractivity contribution in [1.29, 1.82) is 0 Å². The molecule has 180 valence electrons. The molecule has 0 fully saturated rings. The van der Waals surface area contributed by atoms with Gasteiger partial charge in [-0.15, -0.1) is 0 Å². The minimum atomic E-state index is -4.44. The molecule has 2 aromatic heterocycles. The minimum Gasteiger partial charge on any atom is -0.481 e. The third-order valence-electron chi connectivity index (χ3n) is 4.33. The Labute approximate surface area is 203 Å². The lowest BCUT2D eigenvalue weighted by Gasteiger charge is -2.31. The monoisotopic (exact) mass is 595 g/mol. The highest BCUT2D eigenvalue weighted by atomic mass is 127. The van der Waals surface area contributed by atoms with Gasteiger partial charge in [-0.25, -0.2) is 9.52 Å². The molecular weight excluding hydrogens is 573 g/mol. The van der Waals surface area contributed by atoms with Crippen LogP contribution in [0.2, 0.25) is 0 Å². The lowest BCUT2D eigenvalue weighted by atomic mass is 10.1. The van der Waals surface area contributed by atoms with Crippen LogP contribution in [0.4, 0.5) is 10.7 Å². The second-order valence-corrected chi connectivity index (χ2v) is 9.44. The predicted octanol–water partition coefficient (Wildman–Crippen LogP) is 0.948. The van der Waals surface area contributed by atoms with Gasteiger partial charge < -0.3 is 19.0 Å². The van der Waals surface area contributed by atoms with E-state index in [9.17, 15) is 13.2 Å². The average molecular weight is 595 g/mol. The SMILES string of the molecule is COc1cc(OC)nc(NC(=O)NS(=O)(=O)c2c(C3=NOCC(C)(CI)O3)c(C)nn2C)n1. The largest absolute Gasteiger partial charge is 0.481 e. The van der Waals surface area contributed by atoms with Gasteiger partial charge in [0.2, 0.25) is 17.7 Å². The first-order valence-corrected chi connectivity index (χ1v) is 12.3. The Morgan fingerprint density at radius 3 is 2.52 bits per heavy atom. The molecule has 33 heavy (non-hydrogen) atoms. The summed E-state index contributed by atoms with van der Waals surface area (Å²) in [5, 5.41) is 9.93. The normalized spacial score (nSPS) is 17.9. The molecule has 0 aliphatic carbocycles.